The van der Waals surface area contributed by atoms with Gasteiger partial charge in [-0.15, -0.1) is 0 Å². The maximum atomic E-state index is 12.1. The van der Waals surface area contributed by atoms with Crippen LogP contribution in [0.3, 0.4) is 0 Å². The maximum Gasteiger partial charge on any atom is 0.303 e. The molecule has 3 rings (SSSR count). The van der Waals surface area contributed by atoms with Crippen LogP contribution in [0.5, 0.6) is 0 Å². The van der Waals surface area contributed by atoms with E-state index in [1.807, 2.05) is 29.2 Å². The first kappa shape index (κ1) is 19.6. The molecule has 0 spiro atoms. The highest BCUT2D eigenvalue weighted by Crippen LogP contribution is 2.41. The van der Waals surface area contributed by atoms with Crippen molar-refractivity contribution in [2.45, 2.75) is 30.6 Å². The van der Waals surface area contributed by atoms with Crippen molar-refractivity contribution in [3.05, 3.63) is 27.8 Å². The molecule has 2 heterocycles. The van der Waals surface area contributed by atoms with Gasteiger partial charge in [-0.3, -0.25) is 9.59 Å². The third-order valence-electron chi connectivity index (χ3n) is 4.15. The fourth-order valence-corrected chi connectivity index (χ4v) is 7.50. The van der Waals surface area contributed by atoms with Crippen molar-refractivity contribution in [2.24, 2.45) is 4.99 Å². The Morgan fingerprint density at radius 2 is 2.08 bits per heavy atom. The molecule has 0 aromatic heterocycles. The van der Waals surface area contributed by atoms with Gasteiger partial charge >= 0.3 is 5.97 Å². The molecule has 10 heteroatoms. The number of carboxylic acids is 1. The number of amides is 1. The largest absolute Gasteiger partial charge is 0.481 e. The molecule has 1 amide bonds. The molecule has 1 aromatic rings. The predicted octanol–water partition coefficient (Wildman–Crippen LogP) is 2.15. The number of rotatable bonds is 5. The van der Waals surface area contributed by atoms with Crippen LogP contribution < -0.4 is 4.90 Å². The zero-order valence-electron chi connectivity index (χ0n) is 13.7. The van der Waals surface area contributed by atoms with Crippen LogP contribution in [0.25, 0.3) is 0 Å². The number of carbonyl (C=O) groups excluding carboxylic acids is 1. The van der Waals surface area contributed by atoms with Crippen LogP contribution in [0, 0.1) is 3.57 Å². The molecular formula is C16H17IN2O5S2. The average molecular weight is 508 g/mol. The molecule has 2 aliphatic heterocycles. The number of carbonyl (C=O) groups is 2. The van der Waals surface area contributed by atoms with Gasteiger partial charge in [0.05, 0.1) is 17.5 Å². The molecule has 2 atom stereocenters. The lowest BCUT2D eigenvalue weighted by atomic mass is 10.2. The quantitative estimate of drug-likeness (QED) is 0.608. The van der Waals surface area contributed by atoms with Crippen molar-refractivity contribution in [2.75, 3.05) is 16.4 Å². The van der Waals surface area contributed by atoms with E-state index in [1.54, 1.807) is 0 Å². The predicted molar refractivity (Wildman–Crippen MR) is 109 cm³/mol. The highest BCUT2D eigenvalue weighted by Gasteiger charge is 2.49. The highest BCUT2D eigenvalue weighted by atomic mass is 127. The number of fused-ring (bicyclic) bond motifs is 1. The third-order valence-corrected chi connectivity index (χ3v) is 8.04. The second-order valence-electron chi connectivity index (χ2n) is 6.19. The number of nitrogens with zero attached hydrogens (tertiary/aromatic N) is 2. The van der Waals surface area contributed by atoms with E-state index in [0.29, 0.717) is 5.17 Å². The molecule has 1 N–H and O–H groups in total. The maximum absolute atomic E-state index is 12.1. The van der Waals surface area contributed by atoms with Crippen molar-refractivity contribution in [3.63, 3.8) is 0 Å². The molecule has 0 radical (unpaired) electrons. The second-order valence-corrected chi connectivity index (χ2v) is 10.8. The lowest BCUT2D eigenvalue weighted by Gasteiger charge is -2.24. The van der Waals surface area contributed by atoms with Crippen LogP contribution in [-0.2, 0) is 19.4 Å². The molecule has 2 fully saturated rings. The smallest absolute Gasteiger partial charge is 0.303 e. The van der Waals surface area contributed by atoms with Crippen molar-refractivity contribution in [3.8, 4) is 0 Å². The number of hydrogen-bond acceptors (Lipinski definition) is 5. The Balaban J connectivity index is 1.85. The Hall–Kier alpha value is -1.14. The molecule has 26 heavy (non-hydrogen) atoms. The summed E-state index contributed by atoms with van der Waals surface area (Å²) in [6.45, 7) is 0. The summed E-state index contributed by atoms with van der Waals surface area (Å²) in [4.78, 5) is 28.7. The number of anilines is 1. The first-order valence-corrected chi connectivity index (χ1v) is 11.8. The molecule has 140 valence electrons. The van der Waals surface area contributed by atoms with Crippen LogP contribution in [0.1, 0.15) is 19.3 Å². The number of sulfone groups is 1. The first-order chi connectivity index (χ1) is 12.2. The summed E-state index contributed by atoms with van der Waals surface area (Å²) < 4.78 is 25.0. The van der Waals surface area contributed by atoms with Gasteiger partial charge in [0.2, 0.25) is 5.91 Å². The van der Waals surface area contributed by atoms with E-state index in [1.165, 1.54) is 11.8 Å². The standard InChI is InChI=1S/C16H17IN2O5S2/c17-10-3-1-4-11(7-10)19-12-8-26(23,24)9-13(12)25-16(19)18-14(20)5-2-6-15(21)22/h1,3-4,7,12-13H,2,5-6,8-9H2,(H,21,22)/t12-,13-/m0/s1. The fourth-order valence-electron chi connectivity index (χ4n) is 3.05. The van der Waals surface area contributed by atoms with Gasteiger partial charge in [0.15, 0.2) is 15.0 Å². The first-order valence-electron chi connectivity index (χ1n) is 8.00. The van der Waals surface area contributed by atoms with Crippen LogP contribution >= 0.6 is 34.4 Å². The Bertz CT molecular complexity index is 871. The van der Waals surface area contributed by atoms with Gasteiger partial charge < -0.3 is 10.0 Å². The molecule has 1 aromatic carbocycles. The summed E-state index contributed by atoms with van der Waals surface area (Å²) >= 11 is 3.50. The van der Waals surface area contributed by atoms with Crippen molar-refractivity contribution >= 4 is 66.9 Å². The number of thioether (sulfide) groups is 1. The Kier molecular flexibility index (Phi) is 5.92. The van der Waals surface area contributed by atoms with Gasteiger partial charge in [-0.2, -0.15) is 4.99 Å². The lowest BCUT2D eigenvalue weighted by Crippen LogP contribution is -2.37. The van der Waals surface area contributed by atoms with Gasteiger partial charge in [0, 0.05) is 27.3 Å². The van der Waals surface area contributed by atoms with Gasteiger partial charge in [0.1, 0.15) is 0 Å². The zero-order valence-corrected chi connectivity index (χ0v) is 17.5. The van der Waals surface area contributed by atoms with Crippen molar-refractivity contribution in [1.29, 1.82) is 0 Å². The van der Waals surface area contributed by atoms with Gasteiger partial charge in [-0.05, 0) is 47.2 Å². The molecule has 2 aliphatic rings. The average Bonchev–Trinajstić information content (AvgIpc) is 2.97. The Morgan fingerprint density at radius 3 is 2.77 bits per heavy atom. The number of benzene rings is 1. The van der Waals surface area contributed by atoms with E-state index in [-0.39, 0.29) is 48.0 Å². The van der Waals surface area contributed by atoms with Crippen molar-refractivity contribution < 1.29 is 23.1 Å². The number of amidine groups is 1. The zero-order chi connectivity index (χ0) is 18.9. The Morgan fingerprint density at radius 1 is 1.31 bits per heavy atom. The van der Waals surface area contributed by atoms with Crippen LogP contribution in [0.2, 0.25) is 0 Å². The highest BCUT2D eigenvalue weighted by molar-refractivity contribution is 14.1. The van der Waals surface area contributed by atoms with E-state index in [4.69, 9.17) is 5.11 Å². The minimum absolute atomic E-state index is 0.0440. The van der Waals surface area contributed by atoms with Crippen LogP contribution in [0.4, 0.5) is 5.69 Å². The second kappa shape index (κ2) is 7.85. The van der Waals surface area contributed by atoms with Crippen LogP contribution in [-0.4, -0.2) is 53.4 Å². The van der Waals surface area contributed by atoms with E-state index >= 15 is 0 Å². The summed E-state index contributed by atoms with van der Waals surface area (Å²) in [6, 6.07) is 7.38. The molecule has 2 saturated heterocycles. The molecule has 0 bridgehead atoms. The normalized spacial score (nSPS) is 25.4. The molecule has 0 unspecified atom stereocenters. The summed E-state index contributed by atoms with van der Waals surface area (Å²) in [5.74, 6) is -1.20. The van der Waals surface area contributed by atoms with Crippen molar-refractivity contribution in [1.82, 2.24) is 0 Å². The Labute approximate surface area is 169 Å². The van der Waals surface area contributed by atoms with E-state index in [0.717, 1.165) is 9.26 Å². The van der Waals surface area contributed by atoms with E-state index < -0.39 is 15.8 Å². The summed E-state index contributed by atoms with van der Waals surface area (Å²) in [6.07, 6.45) is 0.220. The molecule has 0 saturated carbocycles. The van der Waals surface area contributed by atoms with E-state index in [9.17, 15) is 18.0 Å². The van der Waals surface area contributed by atoms with E-state index in [2.05, 4.69) is 27.6 Å². The summed E-state index contributed by atoms with van der Waals surface area (Å²) in [5.41, 5.74) is 0.811. The molecular weight excluding hydrogens is 491 g/mol. The number of carboxylic acid groups (broad SMARTS) is 1. The van der Waals surface area contributed by atoms with Gasteiger partial charge in [-0.1, -0.05) is 17.8 Å². The third kappa shape index (κ3) is 4.58. The minimum Gasteiger partial charge on any atom is -0.481 e. The minimum atomic E-state index is -3.10. The van der Waals surface area contributed by atoms with Crippen LogP contribution in [0.15, 0.2) is 29.3 Å². The number of aliphatic carboxylic acids is 1. The fraction of sp³-hybridized carbons (Fsp3) is 0.438. The number of hydrogen-bond donors (Lipinski definition) is 1. The topological polar surface area (TPSA) is 104 Å². The number of halogens is 1. The SMILES string of the molecule is O=C(O)CCCC(=O)N=C1S[C@H]2CS(=O)(=O)C[C@@H]2N1c1cccc(I)c1. The van der Waals surface area contributed by atoms with Gasteiger partial charge in [-0.25, -0.2) is 8.42 Å². The summed E-state index contributed by atoms with van der Waals surface area (Å²) in [7, 11) is -3.10. The summed E-state index contributed by atoms with van der Waals surface area (Å²) in [5, 5.41) is 9.02. The monoisotopic (exact) mass is 508 g/mol. The lowest BCUT2D eigenvalue weighted by molar-refractivity contribution is -0.137. The van der Waals surface area contributed by atoms with Gasteiger partial charge in [0.25, 0.3) is 0 Å². The number of aliphatic imine (C=N–C) groups is 1. The molecule has 0 aliphatic carbocycles. The molecule has 7 nitrogen and oxygen atoms in total.